The van der Waals surface area contributed by atoms with Crippen molar-refractivity contribution in [2.24, 2.45) is 17.8 Å². The lowest BCUT2D eigenvalue weighted by molar-refractivity contribution is -0.142. The van der Waals surface area contributed by atoms with Crippen LogP contribution >= 0.6 is 0 Å². The van der Waals surface area contributed by atoms with E-state index in [0.29, 0.717) is 24.8 Å². The van der Waals surface area contributed by atoms with E-state index in [1.807, 2.05) is 0 Å². The minimum Gasteiger partial charge on any atom is -0.457 e. The number of Topliss-reactive ketones (excluding diaryl/α,β-unsaturated/α-hetero) is 3. The van der Waals surface area contributed by atoms with Gasteiger partial charge in [0.25, 0.3) is 0 Å². The van der Waals surface area contributed by atoms with E-state index in [9.17, 15) is 32.3 Å². The van der Waals surface area contributed by atoms with Gasteiger partial charge in [-0.1, -0.05) is 30.3 Å². The maximum atomic E-state index is 13.6. The molecule has 1 aromatic carbocycles. The summed E-state index contributed by atoms with van der Waals surface area (Å²) < 4.78 is 45.9. The first-order valence-electron chi connectivity index (χ1n) is 10.5. The van der Waals surface area contributed by atoms with Crippen molar-refractivity contribution in [3.8, 4) is 0 Å². The van der Waals surface area contributed by atoms with Crippen molar-refractivity contribution in [1.29, 1.82) is 0 Å². The fraction of sp³-hybridized carbons (Fsp3) is 0.375. The van der Waals surface area contributed by atoms with Gasteiger partial charge in [0.1, 0.15) is 12.5 Å². The summed E-state index contributed by atoms with van der Waals surface area (Å²) in [5.74, 6) is -5.62. The van der Waals surface area contributed by atoms with Crippen LogP contribution in [0.4, 0.5) is 13.2 Å². The number of ketones is 3. The van der Waals surface area contributed by atoms with E-state index in [1.54, 1.807) is 30.3 Å². The summed E-state index contributed by atoms with van der Waals surface area (Å²) in [5, 5.41) is 0. The van der Waals surface area contributed by atoms with Crippen molar-refractivity contribution in [3.63, 3.8) is 0 Å². The lowest BCUT2D eigenvalue weighted by Crippen LogP contribution is -2.42. The number of nitrogens with zero attached hydrogens (tertiary/aromatic N) is 1. The molecule has 172 valence electrons. The zero-order valence-corrected chi connectivity index (χ0v) is 17.6. The van der Waals surface area contributed by atoms with Crippen molar-refractivity contribution in [3.05, 3.63) is 64.5 Å². The van der Waals surface area contributed by atoms with E-state index in [0.717, 1.165) is 6.07 Å². The molecule has 2 bridgehead atoms. The number of hydrogen-bond donors (Lipinski definition) is 0. The normalized spacial score (nSPS) is 22.4. The van der Waals surface area contributed by atoms with Crippen LogP contribution in [0.25, 0.3) is 0 Å². The third-order valence-corrected chi connectivity index (χ3v) is 6.25. The van der Waals surface area contributed by atoms with Gasteiger partial charge in [0.15, 0.2) is 23.0 Å². The molecule has 0 radical (unpaired) electrons. The summed E-state index contributed by atoms with van der Waals surface area (Å²) in [7, 11) is 0. The minimum atomic E-state index is -4.98. The average molecular weight is 459 g/mol. The molecule has 2 atom stereocenters. The van der Waals surface area contributed by atoms with Crippen LogP contribution < -0.4 is 0 Å². The maximum absolute atomic E-state index is 13.6. The monoisotopic (exact) mass is 459 g/mol. The van der Waals surface area contributed by atoms with Gasteiger partial charge in [-0.3, -0.25) is 14.4 Å². The summed E-state index contributed by atoms with van der Waals surface area (Å²) in [5.41, 5.74) is -2.54. The third-order valence-electron chi connectivity index (χ3n) is 6.25. The molecule has 2 aromatic rings. The topological polar surface area (TPSA) is 90.4 Å². The van der Waals surface area contributed by atoms with Gasteiger partial charge < -0.3 is 4.74 Å². The van der Waals surface area contributed by atoms with E-state index in [1.165, 1.54) is 6.92 Å². The number of rotatable bonds is 5. The van der Waals surface area contributed by atoms with Crippen LogP contribution in [0, 0.1) is 24.7 Å². The zero-order valence-electron chi connectivity index (χ0n) is 17.6. The number of aryl methyl sites for hydroxylation is 1. The first kappa shape index (κ1) is 22.8. The number of hydrogen-bond acceptors (Lipinski definition) is 6. The van der Waals surface area contributed by atoms with Crippen LogP contribution in [0.1, 0.15) is 56.9 Å². The molecule has 2 aliphatic rings. The maximum Gasteiger partial charge on any atom is 0.434 e. The van der Waals surface area contributed by atoms with Gasteiger partial charge >= 0.3 is 12.1 Å². The third kappa shape index (κ3) is 4.31. The van der Waals surface area contributed by atoms with Crippen molar-refractivity contribution in [2.75, 3.05) is 0 Å². The summed E-state index contributed by atoms with van der Waals surface area (Å²) in [6.45, 7) is 0.894. The summed E-state index contributed by atoms with van der Waals surface area (Å²) >= 11 is 0. The molecule has 33 heavy (non-hydrogen) atoms. The molecule has 0 N–H and O–H groups in total. The molecule has 0 saturated heterocycles. The van der Waals surface area contributed by atoms with Gasteiger partial charge in [-0.25, -0.2) is 9.78 Å². The number of carbonyl (C=O) groups excluding carboxylic acids is 4. The molecule has 1 aromatic heterocycles. The Morgan fingerprint density at radius 3 is 2.21 bits per heavy atom. The highest BCUT2D eigenvalue weighted by molar-refractivity contribution is 6.26. The molecule has 0 spiro atoms. The molecule has 6 nitrogen and oxygen atoms in total. The molecule has 9 heteroatoms. The summed E-state index contributed by atoms with van der Waals surface area (Å²) in [6.07, 6.45) is -3.55. The van der Waals surface area contributed by atoms with E-state index >= 15 is 0 Å². The predicted molar refractivity (Wildman–Crippen MR) is 108 cm³/mol. The largest absolute Gasteiger partial charge is 0.457 e. The number of benzene rings is 1. The number of fused-ring (bicyclic) bond motifs is 2. The Morgan fingerprint density at radius 1 is 1.03 bits per heavy atom. The molecular weight excluding hydrogens is 439 g/mol. The number of halogens is 3. The van der Waals surface area contributed by atoms with Crippen LogP contribution in [0.2, 0.25) is 0 Å². The minimum absolute atomic E-state index is 0.281. The van der Waals surface area contributed by atoms with E-state index in [4.69, 9.17) is 4.74 Å². The SMILES string of the molecule is Cc1nc(C(F)(F)F)c(C(=O)OCc2ccccc2)cc1C(=O)C1C(=O)C2CCC(C2)C1=O. The molecule has 2 fully saturated rings. The average Bonchev–Trinajstić information content (AvgIpc) is 3.23. The predicted octanol–water partition coefficient (Wildman–Crippen LogP) is 4.13. The van der Waals surface area contributed by atoms with Crippen molar-refractivity contribution < 1.29 is 37.1 Å². The fourth-order valence-corrected chi connectivity index (χ4v) is 4.55. The highest BCUT2D eigenvalue weighted by Crippen LogP contribution is 2.42. The number of esters is 1. The van der Waals surface area contributed by atoms with Gasteiger partial charge in [0.2, 0.25) is 0 Å². The number of ether oxygens (including phenoxy) is 1. The molecule has 4 rings (SSSR count). The number of carbonyl (C=O) groups is 4. The van der Waals surface area contributed by atoms with Crippen LogP contribution in [0.15, 0.2) is 36.4 Å². The second-order valence-corrected chi connectivity index (χ2v) is 8.39. The Kier molecular flexibility index (Phi) is 5.90. The second-order valence-electron chi connectivity index (χ2n) is 8.39. The lowest BCUT2D eigenvalue weighted by atomic mass is 9.75. The summed E-state index contributed by atoms with van der Waals surface area (Å²) in [6, 6.07) is 9.11. The standard InChI is InChI=1S/C24H20F3NO5/c1-12-16(21(31)18-19(29)14-7-8-15(9-14)20(18)30)10-17(22(28-12)24(25,26)27)23(32)33-11-13-5-3-2-4-6-13/h2-6,10,14-15,18H,7-9,11H2,1H3. The van der Waals surface area contributed by atoms with Crippen LogP contribution in [-0.2, 0) is 27.1 Å². The van der Waals surface area contributed by atoms with E-state index in [-0.39, 0.29) is 17.9 Å². The Hall–Kier alpha value is -3.36. The smallest absolute Gasteiger partial charge is 0.434 e. The van der Waals surface area contributed by atoms with Gasteiger partial charge in [-0.05, 0) is 37.8 Å². The quantitative estimate of drug-likeness (QED) is 0.379. The first-order valence-corrected chi connectivity index (χ1v) is 10.5. The number of pyridine rings is 1. The molecule has 1 heterocycles. The van der Waals surface area contributed by atoms with Gasteiger partial charge in [0, 0.05) is 23.1 Å². The fourth-order valence-electron chi connectivity index (χ4n) is 4.55. The first-order chi connectivity index (χ1) is 15.6. The Bertz CT molecular complexity index is 1120. The Labute approximate surface area is 187 Å². The molecular formula is C24H20F3NO5. The zero-order chi connectivity index (χ0) is 23.9. The lowest BCUT2D eigenvalue weighted by Gasteiger charge is -2.25. The van der Waals surface area contributed by atoms with Crippen LogP contribution in [0.3, 0.4) is 0 Å². The molecule has 0 amide bonds. The summed E-state index contributed by atoms with van der Waals surface area (Å²) in [4.78, 5) is 54.6. The van der Waals surface area contributed by atoms with Gasteiger partial charge in [-0.2, -0.15) is 13.2 Å². The molecule has 2 unspecified atom stereocenters. The highest BCUT2D eigenvalue weighted by atomic mass is 19.4. The van der Waals surface area contributed by atoms with E-state index < -0.39 is 58.5 Å². The number of aromatic nitrogens is 1. The van der Waals surface area contributed by atoms with Crippen LogP contribution in [0.5, 0.6) is 0 Å². The second kappa shape index (κ2) is 8.53. The van der Waals surface area contributed by atoms with Crippen LogP contribution in [-0.4, -0.2) is 28.3 Å². The number of alkyl halides is 3. The molecule has 0 aliphatic heterocycles. The van der Waals surface area contributed by atoms with Crippen molar-refractivity contribution in [1.82, 2.24) is 4.98 Å². The van der Waals surface area contributed by atoms with Gasteiger partial charge in [-0.15, -0.1) is 0 Å². The highest BCUT2D eigenvalue weighted by Gasteiger charge is 2.50. The molecule has 2 saturated carbocycles. The van der Waals surface area contributed by atoms with Crippen molar-refractivity contribution >= 4 is 23.3 Å². The Morgan fingerprint density at radius 2 is 1.64 bits per heavy atom. The Balaban J connectivity index is 1.69. The van der Waals surface area contributed by atoms with Crippen molar-refractivity contribution in [2.45, 2.75) is 39.0 Å². The van der Waals surface area contributed by atoms with Gasteiger partial charge in [0.05, 0.1) is 5.56 Å². The van der Waals surface area contributed by atoms with E-state index in [2.05, 4.69) is 4.98 Å². The molecule has 2 aliphatic carbocycles.